The summed E-state index contributed by atoms with van der Waals surface area (Å²) in [6, 6.07) is 0.105. The van der Waals surface area contributed by atoms with E-state index in [-0.39, 0.29) is 24.5 Å². The van der Waals surface area contributed by atoms with Crippen molar-refractivity contribution in [2.75, 3.05) is 32.7 Å². The van der Waals surface area contributed by atoms with Crippen molar-refractivity contribution in [2.24, 2.45) is 23.7 Å². The molecule has 1 saturated heterocycles. The second-order valence-corrected chi connectivity index (χ2v) is 12.2. The third kappa shape index (κ3) is 7.77. The topological polar surface area (TPSA) is 55.8 Å². The number of aliphatic hydroxyl groups is 1. The lowest BCUT2D eigenvalue weighted by molar-refractivity contribution is -0.228. The molecule has 1 amide bonds. The minimum Gasteiger partial charge on any atom is -0.393 e. The van der Waals surface area contributed by atoms with Crippen molar-refractivity contribution in [3.8, 4) is 0 Å². The summed E-state index contributed by atoms with van der Waals surface area (Å²) < 4.78 is 80.4. The molecule has 3 atom stereocenters. The zero-order chi connectivity index (χ0) is 27.5. The van der Waals surface area contributed by atoms with Crippen LogP contribution in [0.15, 0.2) is 0 Å². The smallest absolute Gasteiger partial charge is 0.391 e. The number of nitrogens with one attached hydrogen (secondary N) is 1. The molecule has 2 N–H and O–H groups in total. The van der Waals surface area contributed by atoms with Crippen molar-refractivity contribution in [3.63, 3.8) is 0 Å². The molecule has 0 radical (unpaired) electrons. The van der Waals surface area contributed by atoms with Gasteiger partial charge < -0.3 is 10.4 Å². The second-order valence-electron chi connectivity index (χ2n) is 12.2. The number of halogens is 6. The summed E-state index contributed by atoms with van der Waals surface area (Å²) in [4.78, 5) is 18.2. The Bertz CT molecular complexity index is 735. The molecule has 3 aliphatic carbocycles. The van der Waals surface area contributed by atoms with Crippen molar-refractivity contribution >= 4 is 5.91 Å². The van der Waals surface area contributed by atoms with Crippen molar-refractivity contribution in [3.05, 3.63) is 0 Å². The monoisotopic (exact) mass is 555 g/mol. The molecule has 0 aromatic rings. The van der Waals surface area contributed by atoms with Gasteiger partial charge in [0.15, 0.2) is 0 Å². The van der Waals surface area contributed by atoms with E-state index < -0.39 is 55.4 Å². The van der Waals surface area contributed by atoms with Gasteiger partial charge in [-0.05, 0) is 69.6 Å². The average Bonchev–Trinajstić information content (AvgIpc) is 2.88. The van der Waals surface area contributed by atoms with Crippen molar-refractivity contribution < 1.29 is 36.2 Å². The van der Waals surface area contributed by atoms with E-state index in [1.54, 1.807) is 0 Å². The van der Waals surface area contributed by atoms with E-state index in [4.69, 9.17) is 0 Å². The Balaban J connectivity index is 1.39. The molecule has 0 aromatic carbocycles. The maximum atomic E-state index is 13.5. The normalized spacial score (nSPS) is 34.1. The molecule has 3 unspecified atom stereocenters. The largest absolute Gasteiger partial charge is 0.393 e. The van der Waals surface area contributed by atoms with Crippen LogP contribution in [0.2, 0.25) is 0 Å². The quantitative estimate of drug-likeness (QED) is 0.447. The van der Waals surface area contributed by atoms with E-state index >= 15 is 0 Å². The standard InChI is InChI=1S/C27H43F6N3O2/c28-26(29,30)20-14-18(15-21(16-20)27(31,32)33)17-34-25(38)24(19-6-8-23(37)9-7-19)36-12-10-35(11-13-36)22-4-2-1-3-5-22/h18-24,37H,1-17H2,(H,34,38). The highest BCUT2D eigenvalue weighted by molar-refractivity contribution is 5.82. The molecule has 1 aliphatic heterocycles. The van der Waals surface area contributed by atoms with Gasteiger partial charge in [0, 0.05) is 38.8 Å². The summed E-state index contributed by atoms with van der Waals surface area (Å²) in [5.41, 5.74) is 0. The Kier molecular flexibility index (Phi) is 9.93. The van der Waals surface area contributed by atoms with Gasteiger partial charge in [-0.15, -0.1) is 0 Å². The maximum absolute atomic E-state index is 13.5. The van der Waals surface area contributed by atoms with Gasteiger partial charge in [0.2, 0.25) is 5.91 Å². The van der Waals surface area contributed by atoms with Crippen LogP contribution >= 0.6 is 0 Å². The Hall–Kier alpha value is -1.07. The van der Waals surface area contributed by atoms with Crippen LogP contribution in [0.3, 0.4) is 0 Å². The summed E-state index contributed by atoms with van der Waals surface area (Å²) >= 11 is 0. The molecule has 0 bridgehead atoms. The van der Waals surface area contributed by atoms with E-state index in [0.717, 1.165) is 13.1 Å². The van der Waals surface area contributed by atoms with Crippen LogP contribution in [-0.2, 0) is 4.79 Å². The van der Waals surface area contributed by atoms with Crippen LogP contribution in [-0.4, -0.2) is 84.1 Å². The van der Waals surface area contributed by atoms with Gasteiger partial charge in [-0.1, -0.05) is 19.3 Å². The number of rotatable bonds is 6. The van der Waals surface area contributed by atoms with E-state index in [1.807, 2.05) is 0 Å². The average molecular weight is 556 g/mol. The van der Waals surface area contributed by atoms with Gasteiger partial charge in [-0.2, -0.15) is 26.3 Å². The molecular formula is C27H43F6N3O2. The molecule has 4 fully saturated rings. The Morgan fingerprint density at radius 3 is 1.87 bits per heavy atom. The van der Waals surface area contributed by atoms with Crippen LogP contribution in [0.5, 0.6) is 0 Å². The molecule has 11 heteroatoms. The first kappa shape index (κ1) is 29.9. The maximum Gasteiger partial charge on any atom is 0.391 e. The molecule has 1 heterocycles. The summed E-state index contributed by atoms with van der Waals surface area (Å²) in [5, 5.41) is 12.8. The summed E-state index contributed by atoms with van der Waals surface area (Å²) in [5.74, 6) is -5.17. The van der Waals surface area contributed by atoms with E-state index in [1.165, 1.54) is 32.1 Å². The van der Waals surface area contributed by atoms with Crippen molar-refractivity contribution in [1.82, 2.24) is 15.1 Å². The SMILES string of the molecule is O=C(NCC1CC(C(F)(F)F)CC(C(F)(F)F)C1)C(C1CCC(O)CC1)N1CCN(C2CCCCC2)CC1. The van der Waals surface area contributed by atoms with Crippen LogP contribution in [0.25, 0.3) is 0 Å². The minimum atomic E-state index is -4.68. The highest BCUT2D eigenvalue weighted by atomic mass is 19.4. The fraction of sp³-hybridized carbons (Fsp3) is 0.963. The summed E-state index contributed by atoms with van der Waals surface area (Å²) in [6.45, 7) is 2.96. The fourth-order valence-corrected chi connectivity index (χ4v) is 7.41. The first-order valence-electron chi connectivity index (χ1n) is 14.5. The fourth-order valence-electron chi connectivity index (χ4n) is 7.41. The molecule has 3 saturated carbocycles. The van der Waals surface area contributed by atoms with E-state index in [2.05, 4.69) is 15.1 Å². The lowest BCUT2D eigenvalue weighted by Crippen LogP contribution is -2.59. The molecule has 5 nitrogen and oxygen atoms in total. The number of alkyl halides is 6. The second kappa shape index (κ2) is 12.6. The lowest BCUT2D eigenvalue weighted by Gasteiger charge is -2.45. The summed E-state index contributed by atoms with van der Waals surface area (Å²) in [7, 11) is 0. The number of aliphatic hydroxyl groups excluding tert-OH is 1. The Labute approximate surface area is 221 Å². The number of piperazine rings is 1. The minimum absolute atomic E-state index is 0.0110. The van der Waals surface area contributed by atoms with Gasteiger partial charge in [0.05, 0.1) is 24.0 Å². The van der Waals surface area contributed by atoms with E-state index in [9.17, 15) is 36.2 Å². The summed E-state index contributed by atoms with van der Waals surface area (Å²) in [6.07, 6.45) is -2.77. The van der Waals surface area contributed by atoms with Gasteiger partial charge in [0.25, 0.3) is 0 Å². The highest BCUT2D eigenvalue weighted by Crippen LogP contribution is 2.47. The third-order valence-electron chi connectivity index (χ3n) is 9.59. The highest BCUT2D eigenvalue weighted by Gasteiger charge is 2.52. The number of nitrogens with zero attached hydrogens (tertiary/aromatic N) is 2. The van der Waals surface area contributed by atoms with Crippen LogP contribution in [0.1, 0.15) is 77.0 Å². The number of hydrogen-bond donors (Lipinski definition) is 2. The van der Waals surface area contributed by atoms with Crippen LogP contribution < -0.4 is 5.32 Å². The number of carbonyl (C=O) groups excluding carboxylic acids is 1. The zero-order valence-electron chi connectivity index (χ0n) is 22.1. The molecule has 38 heavy (non-hydrogen) atoms. The molecule has 220 valence electrons. The van der Waals surface area contributed by atoms with Crippen LogP contribution in [0.4, 0.5) is 26.3 Å². The molecule has 4 rings (SSSR count). The lowest BCUT2D eigenvalue weighted by atomic mass is 9.74. The van der Waals surface area contributed by atoms with Crippen molar-refractivity contribution in [2.45, 2.75) is 108 Å². The molecule has 0 aromatic heterocycles. The molecular weight excluding hydrogens is 512 g/mol. The first-order chi connectivity index (χ1) is 17.9. The number of hydrogen-bond acceptors (Lipinski definition) is 4. The predicted octanol–water partition coefficient (Wildman–Crippen LogP) is 5.13. The molecule has 4 aliphatic rings. The number of amides is 1. The number of carbonyl (C=O) groups is 1. The predicted molar refractivity (Wildman–Crippen MR) is 131 cm³/mol. The first-order valence-corrected chi connectivity index (χ1v) is 14.5. The molecule has 0 spiro atoms. The Morgan fingerprint density at radius 2 is 1.34 bits per heavy atom. The third-order valence-corrected chi connectivity index (χ3v) is 9.59. The van der Waals surface area contributed by atoms with Gasteiger partial charge in [-0.25, -0.2) is 0 Å². The van der Waals surface area contributed by atoms with Gasteiger partial charge in [0.1, 0.15) is 0 Å². The van der Waals surface area contributed by atoms with Crippen molar-refractivity contribution in [1.29, 1.82) is 0 Å². The Morgan fingerprint density at radius 1 is 0.789 bits per heavy atom. The zero-order valence-corrected chi connectivity index (χ0v) is 22.1. The van der Waals surface area contributed by atoms with Gasteiger partial charge >= 0.3 is 12.4 Å². The van der Waals surface area contributed by atoms with Crippen LogP contribution in [0, 0.1) is 23.7 Å². The van der Waals surface area contributed by atoms with E-state index in [0.29, 0.717) is 44.8 Å². The van der Waals surface area contributed by atoms with Gasteiger partial charge in [-0.3, -0.25) is 14.6 Å².